The Balaban J connectivity index is 2.28. The van der Waals surface area contributed by atoms with Crippen molar-refractivity contribution in [1.29, 1.82) is 0 Å². The quantitative estimate of drug-likeness (QED) is 0.883. The minimum atomic E-state index is 0.261. The van der Waals surface area contributed by atoms with Gasteiger partial charge in [0.1, 0.15) is 5.75 Å². The second-order valence-electron chi connectivity index (χ2n) is 4.71. The maximum atomic E-state index is 5.46. The highest BCUT2D eigenvalue weighted by atomic mass is 16.5. The summed E-state index contributed by atoms with van der Waals surface area (Å²) in [4.78, 5) is 0. The van der Waals surface area contributed by atoms with Crippen molar-refractivity contribution in [2.75, 3.05) is 14.2 Å². The van der Waals surface area contributed by atoms with E-state index in [0.717, 1.165) is 12.2 Å². The van der Waals surface area contributed by atoms with Crippen molar-refractivity contribution in [3.05, 3.63) is 65.2 Å². The number of benzene rings is 2. The molecule has 2 heteroatoms. The summed E-state index contributed by atoms with van der Waals surface area (Å²) < 4.78 is 5.46. The molecule has 100 valence electrons. The van der Waals surface area contributed by atoms with E-state index < -0.39 is 0 Å². The number of nitrogens with one attached hydrogen (secondary N) is 1. The van der Waals surface area contributed by atoms with Crippen LogP contribution in [0.4, 0.5) is 0 Å². The topological polar surface area (TPSA) is 21.3 Å². The third-order valence-corrected chi connectivity index (χ3v) is 3.55. The minimum Gasteiger partial charge on any atom is -0.496 e. The van der Waals surface area contributed by atoms with E-state index in [9.17, 15) is 0 Å². The number of likely N-dealkylation sites (N-methyl/N-ethyl adjacent to an activating group) is 1. The molecular formula is C17H21NO. The summed E-state index contributed by atoms with van der Waals surface area (Å²) in [6, 6.07) is 17.0. The molecule has 0 radical (unpaired) electrons. The molecule has 0 bridgehead atoms. The van der Waals surface area contributed by atoms with Gasteiger partial charge in [0.05, 0.1) is 7.11 Å². The van der Waals surface area contributed by atoms with Crippen LogP contribution in [0.1, 0.15) is 22.7 Å². The monoisotopic (exact) mass is 255 g/mol. The lowest BCUT2D eigenvalue weighted by molar-refractivity contribution is 0.401. The molecule has 2 rings (SSSR count). The lowest BCUT2D eigenvalue weighted by Crippen LogP contribution is -2.20. The zero-order valence-corrected chi connectivity index (χ0v) is 11.8. The molecule has 2 nitrogen and oxygen atoms in total. The summed E-state index contributed by atoms with van der Waals surface area (Å²) in [6.45, 7) is 2.16. The van der Waals surface area contributed by atoms with Gasteiger partial charge in [0.2, 0.25) is 0 Å². The first-order valence-electron chi connectivity index (χ1n) is 6.61. The van der Waals surface area contributed by atoms with Gasteiger partial charge in [0.15, 0.2) is 0 Å². The van der Waals surface area contributed by atoms with Gasteiger partial charge in [0, 0.05) is 11.6 Å². The van der Waals surface area contributed by atoms with Crippen LogP contribution in [0.15, 0.2) is 48.5 Å². The summed E-state index contributed by atoms with van der Waals surface area (Å²) >= 11 is 0. The zero-order valence-electron chi connectivity index (χ0n) is 11.8. The van der Waals surface area contributed by atoms with Gasteiger partial charge in [-0.25, -0.2) is 0 Å². The maximum Gasteiger partial charge on any atom is 0.123 e. The second kappa shape index (κ2) is 6.39. The molecule has 0 aliphatic heterocycles. The Morgan fingerprint density at radius 1 is 1.05 bits per heavy atom. The van der Waals surface area contributed by atoms with E-state index in [1.807, 2.05) is 19.2 Å². The summed E-state index contributed by atoms with van der Waals surface area (Å²) in [5, 5.41) is 3.39. The molecule has 0 saturated carbocycles. The van der Waals surface area contributed by atoms with Gasteiger partial charge < -0.3 is 10.1 Å². The SMILES string of the molecule is CNC(Cc1ccccc1C)c1ccccc1OC. The molecule has 0 amide bonds. The van der Waals surface area contributed by atoms with Gasteiger partial charge in [0.25, 0.3) is 0 Å². The molecule has 0 aliphatic rings. The number of hydrogen-bond acceptors (Lipinski definition) is 2. The lowest BCUT2D eigenvalue weighted by Gasteiger charge is -2.20. The van der Waals surface area contributed by atoms with Crippen LogP contribution in [0.25, 0.3) is 0 Å². The van der Waals surface area contributed by atoms with Crippen molar-refractivity contribution in [3.63, 3.8) is 0 Å². The first-order chi connectivity index (χ1) is 9.26. The molecule has 0 spiro atoms. The lowest BCUT2D eigenvalue weighted by atomic mass is 9.95. The highest BCUT2D eigenvalue weighted by Crippen LogP contribution is 2.27. The molecular weight excluding hydrogens is 234 g/mol. The van der Waals surface area contributed by atoms with E-state index >= 15 is 0 Å². The van der Waals surface area contributed by atoms with E-state index in [0.29, 0.717) is 0 Å². The van der Waals surface area contributed by atoms with Crippen LogP contribution in [-0.4, -0.2) is 14.2 Å². The van der Waals surface area contributed by atoms with E-state index in [1.165, 1.54) is 16.7 Å². The highest BCUT2D eigenvalue weighted by Gasteiger charge is 2.15. The van der Waals surface area contributed by atoms with Crippen molar-refractivity contribution >= 4 is 0 Å². The number of rotatable bonds is 5. The summed E-state index contributed by atoms with van der Waals surface area (Å²) in [7, 11) is 3.72. The van der Waals surface area contributed by atoms with E-state index in [-0.39, 0.29) is 6.04 Å². The van der Waals surface area contributed by atoms with Gasteiger partial charge in [-0.3, -0.25) is 0 Å². The predicted molar refractivity (Wildman–Crippen MR) is 79.7 cm³/mol. The normalized spacial score (nSPS) is 12.2. The molecule has 2 aromatic rings. The number of methoxy groups -OCH3 is 1. The van der Waals surface area contributed by atoms with Crippen LogP contribution in [0, 0.1) is 6.92 Å². The average molecular weight is 255 g/mol. The third kappa shape index (κ3) is 3.15. The van der Waals surface area contributed by atoms with Crippen LogP contribution in [0.5, 0.6) is 5.75 Å². The maximum absolute atomic E-state index is 5.46. The van der Waals surface area contributed by atoms with Crippen LogP contribution >= 0.6 is 0 Å². The second-order valence-corrected chi connectivity index (χ2v) is 4.71. The van der Waals surface area contributed by atoms with Crippen LogP contribution in [0.3, 0.4) is 0 Å². The molecule has 0 saturated heterocycles. The molecule has 0 aromatic heterocycles. The van der Waals surface area contributed by atoms with Gasteiger partial charge in [-0.15, -0.1) is 0 Å². The Kier molecular flexibility index (Phi) is 4.58. The average Bonchev–Trinajstić information content (AvgIpc) is 2.46. The van der Waals surface area contributed by atoms with Crippen LogP contribution in [-0.2, 0) is 6.42 Å². The number of aryl methyl sites for hydroxylation is 1. The van der Waals surface area contributed by atoms with Crippen LogP contribution in [0.2, 0.25) is 0 Å². The minimum absolute atomic E-state index is 0.261. The van der Waals surface area contributed by atoms with Gasteiger partial charge in [-0.2, -0.15) is 0 Å². The van der Waals surface area contributed by atoms with E-state index in [4.69, 9.17) is 4.74 Å². The van der Waals surface area contributed by atoms with Crippen molar-refractivity contribution in [2.24, 2.45) is 0 Å². The number of ether oxygens (including phenoxy) is 1. The van der Waals surface area contributed by atoms with Crippen molar-refractivity contribution in [2.45, 2.75) is 19.4 Å². The molecule has 2 aromatic carbocycles. The van der Waals surface area contributed by atoms with Crippen molar-refractivity contribution in [3.8, 4) is 5.75 Å². The zero-order chi connectivity index (χ0) is 13.7. The molecule has 1 N–H and O–H groups in total. The fourth-order valence-electron chi connectivity index (χ4n) is 2.38. The Bertz CT molecular complexity index is 536. The summed E-state index contributed by atoms with van der Waals surface area (Å²) in [6.07, 6.45) is 0.962. The molecule has 0 aliphatic carbocycles. The predicted octanol–water partition coefficient (Wildman–Crippen LogP) is 3.51. The largest absolute Gasteiger partial charge is 0.496 e. The first kappa shape index (κ1) is 13.6. The van der Waals surface area contributed by atoms with Gasteiger partial charge in [-0.05, 0) is 37.6 Å². The molecule has 0 heterocycles. The molecule has 1 atom stereocenters. The third-order valence-electron chi connectivity index (χ3n) is 3.55. The highest BCUT2D eigenvalue weighted by molar-refractivity contribution is 5.37. The first-order valence-corrected chi connectivity index (χ1v) is 6.61. The fourth-order valence-corrected chi connectivity index (χ4v) is 2.38. The Morgan fingerprint density at radius 3 is 2.42 bits per heavy atom. The Labute approximate surface area is 115 Å². The summed E-state index contributed by atoms with van der Waals surface area (Å²) in [5.74, 6) is 0.940. The smallest absolute Gasteiger partial charge is 0.123 e. The molecule has 1 unspecified atom stereocenters. The van der Waals surface area contributed by atoms with Crippen molar-refractivity contribution < 1.29 is 4.74 Å². The number of hydrogen-bond donors (Lipinski definition) is 1. The fraction of sp³-hybridized carbons (Fsp3) is 0.294. The molecule has 0 fully saturated rings. The van der Waals surface area contributed by atoms with E-state index in [1.54, 1.807) is 7.11 Å². The van der Waals surface area contributed by atoms with E-state index in [2.05, 4.69) is 48.6 Å². The van der Waals surface area contributed by atoms with Gasteiger partial charge in [-0.1, -0.05) is 42.5 Å². The van der Waals surface area contributed by atoms with Crippen molar-refractivity contribution in [1.82, 2.24) is 5.32 Å². The summed E-state index contributed by atoms with van der Waals surface area (Å²) in [5.41, 5.74) is 3.90. The Hall–Kier alpha value is -1.80. The van der Waals surface area contributed by atoms with Gasteiger partial charge >= 0.3 is 0 Å². The Morgan fingerprint density at radius 2 is 1.74 bits per heavy atom. The standard InChI is InChI=1S/C17H21NO/c1-13-8-4-5-9-14(13)12-16(18-2)15-10-6-7-11-17(15)19-3/h4-11,16,18H,12H2,1-3H3. The number of para-hydroxylation sites is 1. The van der Waals surface area contributed by atoms with Crippen LogP contribution < -0.4 is 10.1 Å². The molecule has 19 heavy (non-hydrogen) atoms.